The highest BCUT2D eigenvalue weighted by molar-refractivity contribution is 7.89. The van der Waals surface area contributed by atoms with Gasteiger partial charge in [-0.1, -0.05) is 0 Å². The first-order valence-electron chi connectivity index (χ1n) is 7.29. The first kappa shape index (κ1) is 17.1. The number of nitrogens with one attached hydrogen (secondary N) is 2. The summed E-state index contributed by atoms with van der Waals surface area (Å²) in [5, 5.41) is 3.27. The highest BCUT2D eigenvalue weighted by Crippen LogP contribution is 2.20. The van der Waals surface area contributed by atoms with Gasteiger partial charge in [0, 0.05) is 32.7 Å². The number of methoxy groups -OCH3 is 1. The molecule has 1 saturated heterocycles. The summed E-state index contributed by atoms with van der Waals surface area (Å²) in [4.78, 5) is 2.20. The van der Waals surface area contributed by atoms with Crippen LogP contribution in [-0.4, -0.2) is 59.7 Å². The monoisotopic (exact) mass is 331 g/mol. The Morgan fingerprint density at radius 2 is 2.09 bits per heavy atom. The third kappa shape index (κ3) is 4.64. The molecule has 1 aliphatic heterocycles. The van der Waals surface area contributed by atoms with Crippen LogP contribution in [0.1, 0.15) is 6.42 Å². The quantitative estimate of drug-likeness (QED) is 0.708. The molecule has 0 radical (unpaired) electrons. The van der Waals surface area contributed by atoms with Crippen molar-refractivity contribution in [1.82, 2.24) is 14.9 Å². The second-order valence-electron chi connectivity index (χ2n) is 5.14. The Bertz CT molecular complexity index is 589. The van der Waals surface area contributed by atoms with Crippen LogP contribution in [0.3, 0.4) is 0 Å². The molecular formula is C14H22FN3O3S. The molecule has 0 unspecified atom stereocenters. The molecule has 0 saturated carbocycles. The minimum Gasteiger partial charge on any atom is -0.494 e. The van der Waals surface area contributed by atoms with Crippen molar-refractivity contribution in [3.63, 3.8) is 0 Å². The van der Waals surface area contributed by atoms with E-state index in [0.717, 1.165) is 45.2 Å². The Hall–Kier alpha value is -1.22. The molecule has 1 fully saturated rings. The van der Waals surface area contributed by atoms with Gasteiger partial charge >= 0.3 is 0 Å². The lowest BCUT2D eigenvalue weighted by Gasteiger charge is -2.27. The predicted octanol–water partition coefficient (Wildman–Crippen LogP) is 0.408. The van der Waals surface area contributed by atoms with E-state index in [9.17, 15) is 12.8 Å². The summed E-state index contributed by atoms with van der Waals surface area (Å²) in [6, 6.07) is 3.61. The Balaban J connectivity index is 1.84. The van der Waals surface area contributed by atoms with Gasteiger partial charge < -0.3 is 15.0 Å². The maximum absolute atomic E-state index is 13.6. The van der Waals surface area contributed by atoms with Crippen LogP contribution in [0.25, 0.3) is 0 Å². The van der Waals surface area contributed by atoms with E-state index in [2.05, 4.69) is 14.9 Å². The molecule has 1 aromatic carbocycles. The second-order valence-corrected chi connectivity index (χ2v) is 6.91. The van der Waals surface area contributed by atoms with Crippen molar-refractivity contribution in [2.24, 2.45) is 0 Å². The largest absolute Gasteiger partial charge is 0.494 e. The second kappa shape index (κ2) is 7.87. The smallest absolute Gasteiger partial charge is 0.240 e. The van der Waals surface area contributed by atoms with Crippen molar-refractivity contribution in [3.8, 4) is 5.75 Å². The van der Waals surface area contributed by atoms with E-state index >= 15 is 0 Å². The third-order valence-electron chi connectivity index (χ3n) is 3.59. The van der Waals surface area contributed by atoms with Crippen molar-refractivity contribution in [3.05, 3.63) is 24.0 Å². The Labute approximate surface area is 130 Å². The lowest BCUT2D eigenvalue weighted by Crippen LogP contribution is -2.44. The molecule has 1 heterocycles. The maximum atomic E-state index is 13.6. The number of sulfonamides is 1. The molecule has 124 valence electrons. The average Bonchev–Trinajstić information content (AvgIpc) is 2.52. The molecule has 0 atom stereocenters. The maximum Gasteiger partial charge on any atom is 0.240 e. The minimum atomic E-state index is -3.69. The summed E-state index contributed by atoms with van der Waals surface area (Å²) >= 11 is 0. The molecular weight excluding hydrogens is 309 g/mol. The number of hydrogen-bond donors (Lipinski definition) is 2. The van der Waals surface area contributed by atoms with E-state index in [1.165, 1.54) is 19.2 Å². The lowest BCUT2D eigenvalue weighted by atomic mass is 10.3. The van der Waals surface area contributed by atoms with Crippen molar-refractivity contribution >= 4 is 10.0 Å². The lowest BCUT2D eigenvalue weighted by molar-refractivity contribution is 0.239. The van der Waals surface area contributed by atoms with Crippen LogP contribution >= 0.6 is 0 Å². The van der Waals surface area contributed by atoms with Gasteiger partial charge in [0.15, 0.2) is 11.6 Å². The average molecular weight is 331 g/mol. The Kier molecular flexibility index (Phi) is 6.13. The summed E-state index contributed by atoms with van der Waals surface area (Å²) in [6.45, 7) is 5.08. The number of piperazine rings is 1. The summed E-state index contributed by atoms with van der Waals surface area (Å²) in [7, 11) is -2.35. The fourth-order valence-electron chi connectivity index (χ4n) is 2.34. The number of halogens is 1. The first-order chi connectivity index (χ1) is 10.5. The highest BCUT2D eigenvalue weighted by atomic mass is 32.2. The van der Waals surface area contributed by atoms with Gasteiger partial charge in [0.25, 0.3) is 0 Å². The summed E-state index contributed by atoms with van der Waals surface area (Å²) in [5.74, 6) is -0.663. The van der Waals surface area contributed by atoms with Crippen LogP contribution < -0.4 is 14.8 Å². The zero-order chi connectivity index (χ0) is 16.0. The molecule has 0 spiro atoms. The zero-order valence-corrected chi connectivity index (χ0v) is 13.5. The van der Waals surface area contributed by atoms with E-state index in [4.69, 9.17) is 4.74 Å². The highest BCUT2D eigenvalue weighted by Gasteiger charge is 2.16. The van der Waals surface area contributed by atoms with Gasteiger partial charge in [-0.3, -0.25) is 0 Å². The normalized spacial score (nSPS) is 16.6. The van der Waals surface area contributed by atoms with Crippen molar-refractivity contribution in [2.45, 2.75) is 11.3 Å². The predicted molar refractivity (Wildman–Crippen MR) is 82.1 cm³/mol. The van der Waals surface area contributed by atoms with Gasteiger partial charge in [0.05, 0.1) is 12.0 Å². The SMILES string of the molecule is COc1ccc(S(=O)(=O)NCCCN2CCNCC2)cc1F. The Morgan fingerprint density at radius 1 is 1.36 bits per heavy atom. The molecule has 0 aliphatic carbocycles. The van der Waals surface area contributed by atoms with Gasteiger partial charge in [-0.15, -0.1) is 0 Å². The summed E-state index contributed by atoms with van der Waals surface area (Å²) in [6.07, 6.45) is 0.720. The van der Waals surface area contributed by atoms with Gasteiger partial charge in [-0.05, 0) is 31.2 Å². The molecule has 0 amide bonds. The van der Waals surface area contributed by atoms with Gasteiger partial charge in [-0.25, -0.2) is 17.5 Å². The first-order valence-corrected chi connectivity index (χ1v) is 8.77. The molecule has 1 aromatic rings. The molecule has 2 N–H and O–H groups in total. The zero-order valence-electron chi connectivity index (χ0n) is 12.6. The van der Waals surface area contributed by atoms with Crippen LogP contribution in [0.15, 0.2) is 23.1 Å². The molecule has 8 heteroatoms. The molecule has 0 aromatic heterocycles. The van der Waals surface area contributed by atoms with Gasteiger partial charge in [0.1, 0.15) is 0 Å². The number of benzene rings is 1. The Morgan fingerprint density at radius 3 is 2.73 bits per heavy atom. The van der Waals surface area contributed by atoms with Crippen LogP contribution in [0, 0.1) is 5.82 Å². The third-order valence-corrected chi connectivity index (χ3v) is 5.05. The van der Waals surface area contributed by atoms with Crippen molar-refractivity contribution in [2.75, 3.05) is 46.4 Å². The number of ether oxygens (including phenoxy) is 1. The van der Waals surface area contributed by atoms with Crippen LogP contribution in [0.5, 0.6) is 5.75 Å². The summed E-state index contributed by atoms with van der Waals surface area (Å²) < 4.78 is 45.0. The topological polar surface area (TPSA) is 70.7 Å². The summed E-state index contributed by atoms with van der Waals surface area (Å²) in [5.41, 5.74) is 0. The standard InChI is InChI=1S/C14H22FN3O3S/c1-21-14-4-3-12(11-13(14)15)22(19,20)17-5-2-8-18-9-6-16-7-10-18/h3-4,11,16-17H,2,5-10H2,1H3. The fourth-order valence-corrected chi connectivity index (χ4v) is 3.43. The number of hydrogen-bond acceptors (Lipinski definition) is 5. The van der Waals surface area contributed by atoms with E-state index in [1.54, 1.807) is 0 Å². The van der Waals surface area contributed by atoms with Crippen molar-refractivity contribution in [1.29, 1.82) is 0 Å². The minimum absolute atomic E-state index is 0.0256. The van der Waals surface area contributed by atoms with E-state index < -0.39 is 15.8 Å². The molecule has 2 rings (SSSR count). The van der Waals surface area contributed by atoms with Gasteiger partial charge in [-0.2, -0.15) is 0 Å². The van der Waals surface area contributed by atoms with Crippen LogP contribution in [-0.2, 0) is 10.0 Å². The van der Waals surface area contributed by atoms with E-state index in [1.807, 2.05) is 0 Å². The number of rotatable bonds is 7. The van der Waals surface area contributed by atoms with Crippen LogP contribution in [0.4, 0.5) is 4.39 Å². The number of nitrogens with zero attached hydrogens (tertiary/aromatic N) is 1. The molecule has 1 aliphatic rings. The van der Waals surface area contributed by atoms with E-state index in [0.29, 0.717) is 6.54 Å². The van der Waals surface area contributed by atoms with Gasteiger partial charge in [0.2, 0.25) is 10.0 Å². The van der Waals surface area contributed by atoms with Crippen LogP contribution in [0.2, 0.25) is 0 Å². The molecule has 22 heavy (non-hydrogen) atoms. The molecule has 0 bridgehead atoms. The van der Waals surface area contributed by atoms with Crippen molar-refractivity contribution < 1.29 is 17.5 Å². The molecule has 6 nitrogen and oxygen atoms in total. The van der Waals surface area contributed by atoms with E-state index in [-0.39, 0.29) is 10.6 Å². The fraction of sp³-hybridized carbons (Fsp3) is 0.571.